The van der Waals surface area contributed by atoms with Gasteiger partial charge in [0.25, 0.3) is 5.69 Å². The molecule has 1 atom stereocenters. The lowest BCUT2D eigenvalue weighted by Gasteiger charge is -2.05. The lowest BCUT2D eigenvalue weighted by Crippen LogP contribution is -2.08. The van der Waals surface area contributed by atoms with E-state index in [2.05, 4.69) is 11.6 Å². The minimum Gasteiger partial charge on any atom is -0.321 e. The summed E-state index contributed by atoms with van der Waals surface area (Å²) < 4.78 is 0. The van der Waals surface area contributed by atoms with Gasteiger partial charge in [-0.05, 0) is 12.5 Å². The van der Waals surface area contributed by atoms with E-state index >= 15 is 0 Å². The number of nitrogens with zero attached hydrogens (tertiary/aromatic N) is 2. The van der Waals surface area contributed by atoms with E-state index in [0.717, 1.165) is 0 Å². The fourth-order valence-corrected chi connectivity index (χ4v) is 1.04. The minimum absolute atomic E-state index is 0.0141. The number of nitro groups is 1. The first kappa shape index (κ1) is 10.3. The molecule has 0 aromatic carbocycles. The fraction of sp³-hybridized carbons (Fsp3) is 0.222. The van der Waals surface area contributed by atoms with Crippen LogP contribution in [0.25, 0.3) is 0 Å². The van der Waals surface area contributed by atoms with Crippen molar-refractivity contribution >= 4 is 5.69 Å². The average Bonchev–Trinajstić information content (AvgIpc) is 2.17. The maximum Gasteiger partial charge on any atom is 0.290 e. The van der Waals surface area contributed by atoms with Crippen LogP contribution in [0.15, 0.2) is 24.9 Å². The van der Waals surface area contributed by atoms with Gasteiger partial charge in [-0.1, -0.05) is 6.08 Å². The summed E-state index contributed by atoms with van der Waals surface area (Å²) in [5.41, 5.74) is 6.60. The molecule has 1 unspecified atom stereocenters. The molecule has 0 radical (unpaired) electrons. The summed E-state index contributed by atoms with van der Waals surface area (Å²) in [4.78, 5) is 14.0. The maximum absolute atomic E-state index is 10.6. The molecule has 0 aliphatic carbocycles. The summed E-state index contributed by atoms with van der Waals surface area (Å²) in [5, 5.41) is 10.6. The van der Waals surface area contributed by atoms with Crippen LogP contribution in [0.1, 0.15) is 17.3 Å². The first-order chi connectivity index (χ1) is 6.56. The quantitative estimate of drug-likeness (QED) is 0.448. The molecule has 2 N–H and O–H groups in total. The molecular formula is C9H11N3O2. The van der Waals surface area contributed by atoms with Gasteiger partial charge < -0.3 is 5.73 Å². The Morgan fingerprint density at radius 3 is 2.93 bits per heavy atom. The number of nitrogens with two attached hydrogens (primary N) is 1. The Kier molecular flexibility index (Phi) is 2.93. The Labute approximate surface area is 81.4 Å². The fourth-order valence-electron chi connectivity index (χ4n) is 1.04. The lowest BCUT2D eigenvalue weighted by atomic mass is 10.1. The van der Waals surface area contributed by atoms with E-state index in [1.807, 2.05) is 0 Å². The Balaban J connectivity index is 3.19. The molecule has 0 saturated heterocycles. The van der Waals surface area contributed by atoms with Crippen LogP contribution in [0, 0.1) is 17.0 Å². The van der Waals surface area contributed by atoms with Gasteiger partial charge in [0.2, 0.25) is 0 Å². The van der Waals surface area contributed by atoms with E-state index in [1.165, 1.54) is 18.3 Å². The van der Waals surface area contributed by atoms with Crippen molar-refractivity contribution in [2.24, 2.45) is 5.73 Å². The predicted molar refractivity (Wildman–Crippen MR) is 52.8 cm³/mol. The van der Waals surface area contributed by atoms with Gasteiger partial charge in [0.15, 0.2) is 0 Å². The van der Waals surface area contributed by atoms with Crippen LogP contribution >= 0.6 is 0 Å². The number of aromatic nitrogens is 1. The van der Waals surface area contributed by atoms with Crippen LogP contribution in [0.3, 0.4) is 0 Å². The molecule has 0 fully saturated rings. The van der Waals surface area contributed by atoms with E-state index in [9.17, 15) is 10.1 Å². The first-order valence-corrected chi connectivity index (χ1v) is 4.05. The number of hydrogen-bond donors (Lipinski definition) is 1. The molecule has 1 aromatic rings. The third kappa shape index (κ3) is 1.94. The third-order valence-electron chi connectivity index (χ3n) is 1.92. The van der Waals surface area contributed by atoms with Gasteiger partial charge >= 0.3 is 0 Å². The molecule has 0 spiro atoms. The van der Waals surface area contributed by atoms with Crippen LogP contribution in [0.4, 0.5) is 5.69 Å². The SMILES string of the molecule is C=CC(N)c1cnc(C)c([N+](=O)[O-])c1. The Morgan fingerprint density at radius 1 is 1.79 bits per heavy atom. The van der Waals surface area contributed by atoms with Crippen molar-refractivity contribution in [3.8, 4) is 0 Å². The molecule has 0 saturated carbocycles. The van der Waals surface area contributed by atoms with Gasteiger partial charge in [-0.15, -0.1) is 6.58 Å². The van der Waals surface area contributed by atoms with Crippen LogP contribution in [0.2, 0.25) is 0 Å². The van der Waals surface area contributed by atoms with Crippen LogP contribution in [-0.4, -0.2) is 9.91 Å². The first-order valence-electron chi connectivity index (χ1n) is 4.05. The second-order valence-corrected chi connectivity index (χ2v) is 2.89. The van der Waals surface area contributed by atoms with Gasteiger partial charge in [0.05, 0.1) is 4.92 Å². The molecule has 0 amide bonds. The third-order valence-corrected chi connectivity index (χ3v) is 1.92. The predicted octanol–water partition coefficient (Wildman–Crippen LogP) is 1.48. The number of pyridine rings is 1. The van der Waals surface area contributed by atoms with Gasteiger partial charge in [-0.25, -0.2) is 0 Å². The standard InChI is InChI=1S/C9H11N3O2/c1-3-8(10)7-4-9(12(13)14)6(2)11-5-7/h3-5,8H,1,10H2,2H3. The van der Waals surface area contributed by atoms with Gasteiger partial charge in [-0.2, -0.15) is 0 Å². The van der Waals surface area contributed by atoms with E-state index in [-0.39, 0.29) is 5.69 Å². The summed E-state index contributed by atoms with van der Waals surface area (Å²) in [5.74, 6) is 0. The van der Waals surface area contributed by atoms with Gasteiger partial charge in [0, 0.05) is 18.3 Å². The number of aryl methyl sites for hydroxylation is 1. The van der Waals surface area contributed by atoms with Crippen molar-refractivity contribution in [2.45, 2.75) is 13.0 Å². The molecule has 5 nitrogen and oxygen atoms in total. The van der Waals surface area contributed by atoms with Gasteiger partial charge in [-0.3, -0.25) is 15.1 Å². The van der Waals surface area contributed by atoms with E-state index in [0.29, 0.717) is 11.3 Å². The molecule has 1 aromatic heterocycles. The van der Waals surface area contributed by atoms with Crippen molar-refractivity contribution in [3.63, 3.8) is 0 Å². The summed E-state index contributed by atoms with van der Waals surface area (Å²) in [6, 6.07) is 1.01. The highest BCUT2D eigenvalue weighted by Crippen LogP contribution is 2.20. The Hall–Kier alpha value is -1.75. The summed E-state index contributed by atoms with van der Waals surface area (Å²) in [6.45, 7) is 5.10. The second-order valence-electron chi connectivity index (χ2n) is 2.89. The molecule has 1 rings (SSSR count). The summed E-state index contributed by atoms with van der Waals surface area (Å²) >= 11 is 0. The highest BCUT2D eigenvalue weighted by Gasteiger charge is 2.14. The molecule has 1 heterocycles. The molecule has 5 heteroatoms. The lowest BCUT2D eigenvalue weighted by molar-refractivity contribution is -0.385. The summed E-state index contributed by atoms with van der Waals surface area (Å²) in [7, 11) is 0. The van der Waals surface area contributed by atoms with E-state index in [4.69, 9.17) is 5.73 Å². The molecule has 74 valence electrons. The Bertz CT molecular complexity index is 376. The van der Waals surface area contributed by atoms with Crippen molar-refractivity contribution in [2.75, 3.05) is 0 Å². The summed E-state index contributed by atoms with van der Waals surface area (Å²) in [6.07, 6.45) is 3.03. The highest BCUT2D eigenvalue weighted by atomic mass is 16.6. The molecule has 14 heavy (non-hydrogen) atoms. The molecule has 0 aliphatic rings. The van der Waals surface area contributed by atoms with Crippen molar-refractivity contribution in [1.82, 2.24) is 4.98 Å². The topological polar surface area (TPSA) is 82.0 Å². The number of hydrogen-bond acceptors (Lipinski definition) is 4. The van der Waals surface area contributed by atoms with Crippen LogP contribution < -0.4 is 5.73 Å². The number of rotatable bonds is 3. The van der Waals surface area contributed by atoms with E-state index in [1.54, 1.807) is 6.92 Å². The zero-order chi connectivity index (χ0) is 10.7. The molecule has 0 aliphatic heterocycles. The average molecular weight is 193 g/mol. The monoisotopic (exact) mass is 193 g/mol. The normalized spacial score (nSPS) is 12.1. The van der Waals surface area contributed by atoms with Crippen molar-refractivity contribution in [3.05, 3.63) is 46.3 Å². The van der Waals surface area contributed by atoms with Crippen molar-refractivity contribution < 1.29 is 4.92 Å². The molecular weight excluding hydrogens is 182 g/mol. The molecule has 0 bridgehead atoms. The van der Waals surface area contributed by atoms with Crippen LogP contribution in [-0.2, 0) is 0 Å². The largest absolute Gasteiger partial charge is 0.321 e. The zero-order valence-corrected chi connectivity index (χ0v) is 7.80. The Morgan fingerprint density at radius 2 is 2.43 bits per heavy atom. The minimum atomic E-state index is -0.471. The van der Waals surface area contributed by atoms with Crippen LogP contribution in [0.5, 0.6) is 0 Å². The maximum atomic E-state index is 10.6. The smallest absolute Gasteiger partial charge is 0.290 e. The van der Waals surface area contributed by atoms with E-state index < -0.39 is 11.0 Å². The zero-order valence-electron chi connectivity index (χ0n) is 7.80. The second kappa shape index (κ2) is 3.97. The highest BCUT2D eigenvalue weighted by molar-refractivity contribution is 5.39. The van der Waals surface area contributed by atoms with Crippen molar-refractivity contribution in [1.29, 1.82) is 0 Å². The van der Waals surface area contributed by atoms with Gasteiger partial charge in [0.1, 0.15) is 5.69 Å².